The van der Waals surface area contributed by atoms with Crippen molar-refractivity contribution in [3.05, 3.63) is 60.2 Å². The van der Waals surface area contributed by atoms with E-state index >= 15 is 0 Å². The molecule has 0 bridgehead atoms. The molecular formula is C20H21N5O. The maximum Gasteiger partial charge on any atom is 0.253 e. The number of anilines is 2. The molecular weight excluding hydrogens is 326 g/mol. The maximum absolute atomic E-state index is 12.6. The number of benzene rings is 2. The minimum atomic E-state index is 0.0839. The normalized spacial score (nSPS) is 14.5. The number of hydrogen-bond acceptors (Lipinski definition) is 5. The van der Waals surface area contributed by atoms with Crippen LogP contribution in [-0.2, 0) is 0 Å². The van der Waals surface area contributed by atoms with Gasteiger partial charge in [0.2, 0.25) is 5.95 Å². The van der Waals surface area contributed by atoms with Gasteiger partial charge in [0.05, 0.1) is 5.52 Å². The van der Waals surface area contributed by atoms with Gasteiger partial charge in [-0.05, 0) is 24.3 Å². The van der Waals surface area contributed by atoms with Crippen LogP contribution in [0.4, 0.5) is 11.8 Å². The van der Waals surface area contributed by atoms with E-state index in [0.29, 0.717) is 19.0 Å². The van der Waals surface area contributed by atoms with Gasteiger partial charge in [-0.1, -0.05) is 30.3 Å². The van der Waals surface area contributed by atoms with Gasteiger partial charge < -0.3 is 15.1 Å². The van der Waals surface area contributed by atoms with Gasteiger partial charge in [0.1, 0.15) is 5.82 Å². The van der Waals surface area contributed by atoms with Crippen molar-refractivity contribution in [1.29, 1.82) is 0 Å². The molecule has 0 unspecified atom stereocenters. The van der Waals surface area contributed by atoms with Crippen LogP contribution in [0.3, 0.4) is 0 Å². The van der Waals surface area contributed by atoms with Gasteiger partial charge in [0.15, 0.2) is 0 Å². The predicted octanol–water partition coefficient (Wildman–Crippen LogP) is 2.63. The molecule has 0 atom stereocenters. The Hall–Kier alpha value is -3.15. The van der Waals surface area contributed by atoms with E-state index in [2.05, 4.69) is 15.2 Å². The maximum atomic E-state index is 12.6. The molecule has 132 valence electrons. The van der Waals surface area contributed by atoms with E-state index in [1.54, 1.807) is 0 Å². The zero-order valence-corrected chi connectivity index (χ0v) is 14.7. The molecule has 0 aliphatic carbocycles. The summed E-state index contributed by atoms with van der Waals surface area (Å²) in [6.07, 6.45) is 0. The molecule has 1 saturated heterocycles. The number of nitrogens with one attached hydrogen (secondary N) is 1. The van der Waals surface area contributed by atoms with Crippen molar-refractivity contribution in [2.75, 3.05) is 43.4 Å². The third-order valence-corrected chi connectivity index (χ3v) is 4.70. The molecule has 1 aliphatic rings. The molecule has 6 nitrogen and oxygen atoms in total. The van der Waals surface area contributed by atoms with Crippen LogP contribution in [0.5, 0.6) is 0 Å². The lowest BCUT2D eigenvalue weighted by molar-refractivity contribution is 0.0746. The van der Waals surface area contributed by atoms with E-state index in [0.717, 1.165) is 35.4 Å². The van der Waals surface area contributed by atoms with E-state index in [-0.39, 0.29) is 5.91 Å². The second-order valence-corrected chi connectivity index (χ2v) is 6.28. The van der Waals surface area contributed by atoms with Crippen molar-refractivity contribution in [2.24, 2.45) is 0 Å². The Morgan fingerprint density at radius 2 is 1.62 bits per heavy atom. The Morgan fingerprint density at radius 3 is 2.35 bits per heavy atom. The number of carbonyl (C=O) groups excluding carboxylic acids is 1. The molecule has 0 spiro atoms. The number of amides is 1. The summed E-state index contributed by atoms with van der Waals surface area (Å²) in [4.78, 5) is 26.0. The van der Waals surface area contributed by atoms with Crippen LogP contribution in [0.2, 0.25) is 0 Å². The minimum absolute atomic E-state index is 0.0839. The number of rotatable bonds is 3. The number of fused-ring (bicyclic) bond motifs is 1. The Kier molecular flexibility index (Phi) is 4.39. The van der Waals surface area contributed by atoms with Gasteiger partial charge in [-0.3, -0.25) is 4.79 Å². The summed E-state index contributed by atoms with van der Waals surface area (Å²) in [6, 6.07) is 17.4. The number of para-hydroxylation sites is 1. The van der Waals surface area contributed by atoms with E-state index in [9.17, 15) is 4.79 Å². The third-order valence-electron chi connectivity index (χ3n) is 4.70. The summed E-state index contributed by atoms with van der Waals surface area (Å²) in [7, 11) is 1.87. The van der Waals surface area contributed by atoms with Gasteiger partial charge in [-0.15, -0.1) is 0 Å². The van der Waals surface area contributed by atoms with E-state index in [1.807, 2.05) is 66.5 Å². The lowest BCUT2D eigenvalue weighted by Crippen LogP contribution is -2.49. The highest BCUT2D eigenvalue weighted by Gasteiger charge is 2.24. The van der Waals surface area contributed by atoms with Crippen LogP contribution in [0.25, 0.3) is 10.9 Å². The molecule has 2 aromatic carbocycles. The summed E-state index contributed by atoms with van der Waals surface area (Å²) in [6.45, 7) is 2.78. The lowest BCUT2D eigenvalue weighted by atomic mass is 10.2. The van der Waals surface area contributed by atoms with Gasteiger partial charge >= 0.3 is 0 Å². The molecule has 0 radical (unpaired) electrons. The topological polar surface area (TPSA) is 61.4 Å². The molecule has 6 heteroatoms. The van der Waals surface area contributed by atoms with Crippen molar-refractivity contribution >= 4 is 28.6 Å². The summed E-state index contributed by atoms with van der Waals surface area (Å²) in [5.74, 6) is 1.62. The third kappa shape index (κ3) is 3.06. The van der Waals surface area contributed by atoms with Crippen molar-refractivity contribution < 1.29 is 4.79 Å². The van der Waals surface area contributed by atoms with E-state index in [1.165, 1.54) is 0 Å². The van der Waals surface area contributed by atoms with Gasteiger partial charge in [0, 0.05) is 44.2 Å². The highest BCUT2D eigenvalue weighted by atomic mass is 16.2. The van der Waals surface area contributed by atoms with Crippen LogP contribution in [-0.4, -0.2) is 54.0 Å². The standard InChI is InChI=1S/C20H21N5O/c1-21-18-16-9-5-6-10-17(16)22-20(23-18)25-13-11-24(12-14-25)19(26)15-7-3-2-4-8-15/h2-10H,11-14H2,1H3,(H,21,22,23). The molecule has 1 aliphatic heterocycles. The summed E-state index contributed by atoms with van der Waals surface area (Å²) in [5, 5.41) is 4.17. The average molecular weight is 347 g/mol. The van der Waals surface area contributed by atoms with Crippen molar-refractivity contribution in [3.63, 3.8) is 0 Å². The summed E-state index contributed by atoms with van der Waals surface area (Å²) >= 11 is 0. The number of hydrogen-bond donors (Lipinski definition) is 1. The second kappa shape index (κ2) is 7.00. The number of aromatic nitrogens is 2. The largest absolute Gasteiger partial charge is 0.372 e. The monoisotopic (exact) mass is 347 g/mol. The average Bonchev–Trinajstić information content (AvgIpc) is 2.73. The van der Waals surface area contributed by atoms with Crippen molar-refractivity contribution in [3.8, 4) is 0 Å². The van der Waals surface area contributed by atoms with Crippen LogP contribution < -0.4 is 10.2 Å². The molecule has 26 heavy (non-hydrogen) atoms. The minimum Gasteiger partial charge on any atom is -0.372 e. The van der Waals surface area contributed by atoms with Crippen LogP contribution >= 0.6 is 0 Å². The lowest BCUT2D eigenvalue weighted by Gasteiger charge is -2.35. The first-order chi connectivity index (χ1) is 12.8. The first-order valence-electron chi connectivity index (χ1n) is 8.80. The second-order valence-electron chi connectivity index (χ2n) is 6.28. The zero-order valence-electron chi connectivity index (χ0n) is 14.7. The van der Waals surface area contributed by atoms with E-state index in [4.69, 9.17) is 4.98 Å². The van der Waals surface area contributed by atoms with Crippen molar-refractivity contribution in [2.45, 2.75) is 0 Å². The summed E-state index contributed by atoms with van der Waals surface area (Å²) in [5.41, 5.74) is 1.66. The van der Waals surface area contributed by atoms with Gasteiger partial charge in [0.25, 0.3) is 5.91 Å². The molecule has 1 amide bonds. The van der Waals surface area contributed by atoms with Crippen LogP contribution in [0.15, 0.2) is 54.6 Å². The number of nitrogens with zero attached hydrogens (tertiary/aromatic N) is 4. The van der Waals surface area contributed by atoms with Crippen LogP contribution in [0, 0.1) is 0 Å². The fourth-order valence-corrected chi connectivity index (χ4v) is 3.27. The zero-order chi connectivity index (χ0) is 17.9. The Bertz CT molecular complexity index is 920. The van der Waals surface area contributed by atoms with Crippen LogP contribution in [0.1, 0.15) is 10.4 Å². The quantitative estimate of drug-likeness (QED) is 0.789. The Morgan fingerprint density at radius 1 is 0.923 bits per heavy atom. The molecule has 2 heterocycles. The highest BCUT2D eigenvalue weighted by molar-refractivity contribution is 5.94. The SMILES string of the molecule is CNc1nc(N2CCN(C(=O)c3ccccc3)CC2)nc2ccccc12. The molecule has 1 N–H and O–H groups in total. The molecule has 1 aromatic heterocycles. The first kappa shape index (κ1) is 16.3. The Labute approximate surface area is 152 Å². The Balaban J connectivity index is 1.51. The first-order valence-corrected chi connectivity index (χ1v) is 8.80. The van der Waals surface area contributed by atoms with Gasteiger partial charge in [-0.25, -0.2) is 4.98 Å². The molecule has 1 fully saturated rings. The fraction of sp³-hybridized carbons (Fsp3) is 0.250. The fourth-order valence-electron chi connectivity index (χ4n) is 3.27. The predicted molar refractivity (Wildman–Crippen MR) is 104 cm³/mol. The highest BCUT2D eigenvalue weighted by Crippen LogP contribution is 2.23. The molecule has 3 aromatic rings. The smallest absolute Gasteiger partial charge is 0.253 e. The molecule has 0 saturated carbocycles. The van der Waals surface area contributed by atoms with Gasteiger partial charge in [-0.2, -0.15) is 4.98 Å². The van der Waals surface area contributed by atoms with E-state index < -0.39 is 0 Å². The summed E-state index contributed by atoms with van der Waals surface area (Å²) < 4.78 is 0. The number of carbonyl (C=O) groups is 1. The number of piperazine rings is 1. The van der Waals surface area contributed by atoms with Crippen molar-refractivity contribution in [1.82, 2.24) is 14.9 Å². The molecule has 4 rings (SSSR count).